The highest BCUT2D eigenvalue weighted by atomic mass is 16.4. The largest absolute Gasteiger partial charge is 0.476 e. The summed E-state index contributed by atoms with van der Waals surface area (Å²) >= 11 is 0. The standard InChI is InChI=1S/C10H7N5O2/c16-10(17)8-9(15-6-11-5-12-15)13-7-3-1-2-4-14(7)8/h1-6H,(H,16,17). The summed E-state index contributed by atoms with van der Waals surface area (Å²) in [4.78, 5) is 19.3. The van der Waals surface area contributed by atoms with E-state index in [1.165, 1.54) is 21.7 Å². The van der Waals surface area contributed by atoms with Crippen molar-refractivity contribution in [1.82, 2.24) is 24.1 Å². The van der Waals surface area contributed by atoms with E-state index in [9.17, 15) is 9.90 Å². The SMILES string of the molecule is O=C(O)c1c(-n2cncn2)nc2ccccn12. The monoisotopic (exact) mass is 229 g/mol. The van der Waals surface area contributed by atoms with Crippen LogP contribution in [0.1, 0.15) is 10.5 Å². The van der Waals surface area contributed by atoms with E-state index in [2.05, 4.69) is 15.1 Å². The van der Waals surface area contributed by atoms with Crippen LogP contribution in [0.15, 0.2) is 37.1 Å². The number of rotatable bonds is 2. The molecular formula is C10H7N5O2. The lowest BCUT2D eigenvalue weighted by molar-refractivity contribution is 0.0689. The maximum absolute atomic E-state index is 11.3. The average Bonchev–Trinajstić information content (AvgIpc) is 2.95. The highest BCUT2D eigenvalue weighted by molar-refractivity contribution is 5.90. The maximum Gasteiger partial charge on any atom is 0.356 e. The Morgan fingerprint density at radius 2 is 2.24 bits per heavy atom. The molecule has 17 heavy (non-hydrogen) atoms. The molecule has 1 N–H and O–H groups in total. The van der Waals surface area contributed by atoms with E-state index in [0.717, 1.165) is 0 Å². The maximum atomic E-state index is 11.3. The third-order valence-electron chi connectivity index (χ3n) is 2.35. The van der Waals surface area contributed by atoms with Gasteiger partial charge in [0, 0.05) is 6.20 Å². The quantitative estimate of drug-likeness (QED) is 0.696. The fourth-order valence-electron chi connectivity index (χ4n) is 1.66. The van der Waals surface area contributed by atoms with Crippen LogP contribution in [0.5, 0.6) is 0 Å². The molecule has 3 heterocycles. The Kier molecular flexibility index (Phi) is 1.91. The van der Waals surface area contributed by atoms with Crippen molar-refractivity contribution < 1.29 is 9.90 Å². The molecule has 0 radical (unpaired) electrons. The Morgan fingerprint density at radius 3 is 2.94 bits per heavy atom. The van der Waals surface area contributed by atoms with Gasteiger partial charge in [-0.05, 0) is 12.1 Å². The molecule has 0 amide bonds. The number of nitrogens with zero attached hydrogens (tertiary/aromatic N) is 5. The first-order valence-electron chi connectivity index (χ1n) is 4.83. The van der Waals surface area contributed by atoms with E-state index in [4.69, 9.17) is 0 Å². The summed E-state index contributed by atoms with van der Waals surface area (Å²) in [6, 6.07) is 5.26. The first-order valence-corrected chi connectivity index (χ1v) is 4.83. The van der Waals surface area contributed by atoms with Crippen LogP contribution >= 0.6 is 0 Å². The van der Waals surface area contributed by atoms with Gasteiger partial charge in [-0.2, -0.15) is 5.10 Å². The number of carbonyl (C=O) groups is 1. The fraction of sp³-hybridized carbons (Fsp3) is 0. The van der Waals surface area contributed by atoms with E-state index in [1.54, 1.807) is 24.4 Å². The Bertz CT molecular complexity index is 686. The Balaban J connectivity index is 2.38. The minimum atomic E-state index is -1.06. The molecule has 0 aliphatic carbocycles. The third-order valence-corrected chi connectivity index (χ3v) is 2.35. The first-order chi connectivity index (χ1) is 8.27. The molecule has 0 bridgehead atoms. The molecular weight excluding hydrogens is 222 g/mol. The van der Waals surface area contributed by atoms with E-state index in [1.807, 2.05) is 0 Å². The molecule has 7 nitrogen and oxygen atoms in total. The van der Waals surface area contributed by atoms with Crippen molar-refractivity contribution in [1.29, 1.82) is 0 Å². The number of aromatic carboxylic acids is 1. The molecule has 7 heteroatoms. The highest BCUT2D eigenvalue weighted by Gasteiger charge is 2.19. The molecule has 0 aliphatic rings. The molecule has 0 aromatic carbocycles. The van der Waals surface area contributed by atoms with Crippen LogP contribution in [0.3, 0.4) is 0 Å². The second-order valence-electron chi connectivity index (χ2n) is 3.36. The number of imidazole rings is 1. The average molecular weight is 229 g/mol. The number of carboxylic acid groups (broad SMARTS) is 1. The smallest absolute Gasteiger partial charge is 0.356 e. The summed E-state index contributed by atoms with van der Waals surface area (Å²) in [6.45, 7) is 0. The van der Waals surface area contributed by atoms with Gasteiger partial charge in [0.2, 0.25) is 0 Å². The lowest BCUT2D eigenvalue weighted by atomic mass is 10.4. The number of hydrogen-bond donors (Lipinski definition) is 1. The number of pyridine rings is 1. The molecule has 0 unspecified atom stereocenters. The summed E-state index contributed by atoms with van der Waals surface area (Å²) in [5.41, 5.74) is 0.613. The molecule has 0 saturated carbocycles. The molecule has 3 aromatic rings. The van der Waals surface area contributed by atoms with Crippen LogP contribution in [0.2, 0.25) is 0 Å². The van der Waals surface area contributed by atoms with Crippen molar-refractivity contribution in [2.75, 3.05) is 0 Å². The summed E-state index contributed by atoms with van der Waals surface area (Å²) < 4.78 is 2.83. The molecule has 0 saturated heterocycles. The van der Waals surface area contributed by atoms with E-state index in [-0.39, 0.29) is 11.5 Å². The Hall–Kier alpha value is -2.70. The number of carboxylic acids is 1. The van der Waals surface area contributed by atoms with Gasteiger partial charge in [-0.15, -0.1) is 0 Å². The number of fused-ring (bicyclic) bond motifs is 1. The van der Waals surface area contributed by atoms with Gasteiger partial charge in [-0.3, -0.25) is 4.40 Å². The molecule has 84 valence electrons. The van der Waals surface area contributed by atoms with Gasteiger partial charge in [0.1, 0.15) is 18.3 Å². The first kappa shape index (κ1) is 9.52. The normalized spacial score (nSPS) is 10.8. The highest BCUT2D eigenvalue weighted by Crippen LogP contribution is 2.15. The van der Waals surface area contributed by atoms with Gasteiger partial charge in [-0.25, -0.2) is 19.4 Å². The van der Waals surface area contributed by atoms with Gasteiger partial charge >= 0.3 is 5.97 Å². The van der Waals surface area contributed by atoms with Crippen LogP contribution in [0.25, 0.3) is 11.5 Å². The van der Waals surface area contributed by atoms with Crippen molar-refractivity contribution in [3.05, 3.63) is 42.7 Å². The van der Waals surface area contributed by atoms with Crippen molar-refractivity contribution >= 4 is 11.6 Å². The van der Waals surface area contributed by atoms with Gasteiger partial charge in [0.15, 0.2) is 11.5 Å². The zero-order chi connectivity index (χ0) is 11.8. The molecule has 0 spiro atoms. The molecule has 0 atom stereocenters. The van der Waals surface area contributed by atoms with Crippen molar-refractivity contribution in [2.45, 2.75) is 0 Å². The summed E-state index contributed by atoms with van der Waals surface area (Å²) in [7, 11) is 0. The number of aromatic nitrogens is 5. The van der Waals surface area contributed by atoms with Crippen LogP contribution in [0.4, 0.5) is 0 Å². The molecule has 3 aromatic heterocycles. The predicted molar refractivity (Wildman–Crippen MR) is 57.1 cm³/mol. The Labute approximate surface area is 95.0 Å². The zero-order valence-electron chi connectivity index (χ0n) is 8.56. The third kappa shape index (κ3) is 1.36. The van der Waals surface area contributed by atoms with Crippen LogP contribution in [0, 0.1) is 0 Å². The summed E-state index contributed by atoms with van der Waals surface area (Å²) in [5.74, 6) is -0.810. The fourth-order valence-corrected chi connectivity index (χ4v) is 1.66. The second-order valence-corrected chi connectivity index (χ2v) is 3.36. The van der Waals surface area contributed by atoms with Crippen LogP contribution in [-0.4, -0.2) is 35.2 Å². The minimum Gasteiger partial charge on any atom is -0.476 e. The van der Waals surface area contributed by atoms with E-state index >= 15 is 0 Å². The van der Waals surface area contributed by atoms with Crippen LogP contribution < -0.4 is 0 Å². The van der Waals surface area contributed by atoms with Crippen molar-refractivity contribution in [3.8, 4) is 5.82 Å². The lowest BCUT2D eigenvalue weighted by Gasteiger charge is -1.98. The minimum absolute atomic E-state index is 0.0612. The van der Waals surface area contributed by atoms with Gasteiger partial charge < -0.3 is 5.11 Å². The van der Waals surface area contributed by atoms with Gasteiger partial charge in [-0.1, -0.05) is 6.07 Å². The van der Waals surface area contributed by atoms with Crippen molar-refractivity contribution in [3.63, 3.8) is 0 Å². The summed E-state index contributed by atoms with van der Waals surface area (Å²) in [6.07, 6.45) is 4.38. The van der Waals surface area contributed by atoms with Gasteiger partial charge in [0.25, 0.3) is 0 Å². The van der Waals surface area contributed by atoms with Crippen molar-refractivity contribution in [2.24, 2.45) is 0 Å². The van der Waals surface area contributed by atoms with E-state index < -0.39 is 5.97 Å². The number of hydrogen-bond acceptors (Lipinski definition) is 4. The van der Waals surface area contributed by atoms with Crippen LogP contribution in [-0.2, 0) is 0 Å². The molecule has 0 aliphatic heterocycles. The summed E-state index contributed by atoms with van der Waals surface area (Å²) in [5, 5.41) is 13.1. The molecule has 0 fully saturated rings. The lowest BCUT2D eigenvalue weighted by Crippen LogP contribution is -2.07. The Morgan fingerprint density at radius 1 is 1.35 bits per heavy atom. The van der Waals surface area contributed by atoms with E-state index in [0.29, 0.717) is 5.65 Å². The predicted octanol–water partition coefficient (Wildman–Crippen LogP) is 0.613. The molecule has 3 rings (SSSR count). The zero-order valence-corrected chi connectivity index (χ0v) is 8.56. The van der Waals surface area contributed by atoms with Gasteiger partial charge in [0.05, 0.1) is 0 Å². The topological polar surface area (TPSA) is 85.3 Å². The second kappa shape index (κ2) is 3.41.